The molecule has 5 rings (SSSR count). The highest BCUT2D eigenvalue weighted by atomic mass is 35.5. The number of pyridine rings is 1. The number of anilines is 1. The summed E-state index contributed by atoms with van der Waals surface area (Å²) < 4.78 is 0. The molecular weight excluding hydrogens is 483 g/mol. The van der Waals surface area contributed by atoms with Crippen molar-refractivity contribution in [2.24, 2.45) is 0 Å². The molecule has 0 radical (unpaired) electrons. The lowest BCUT2D eigenvalue weighted by molar-refractivity contribution is -0.122. The molecule has 1 atom stereocenters. The second-order valence-electron chi connectivity index (χ2n) is 10.3. The van der Waals surface area contributed by atoms with Crippen molar-refractivity contribution in [3.8, 4) is 0 Å². The maximum atomic E-state index is 13.0. The SMILES string of the molecule is Cc1cccc(N2CC(CCN3CC(N4CCC(=O)CC4)C3)(c3ccc(Cl)c(Cl)c3)CCC2=O)n1. The fraction of sp³-hybridized carbons (Fsp3) is 0.519. The normalized spacial score (nSPS) is 24.6. The number of hydrogen-bond donors (Lipinski definition) is 0. The second kappa shape index (κ2) is 10.2. The molecule has 3 saturated heterocycles. The summed E-state index contributed by atoms with van der Waals surface area (Å²) in [4.78, 5) is 36.0. The molecule has 3 fully saturated rings. The highest BCUT2D eigenvalue weighted by Gasteiger charge is 2.42. The minimum Gasteiger partial charge on any atom is -0.300 e. The number of hydrogen-bond acceptors (Lipinski definition) is 5. The Morgan fingerprint density at radius 3 is 2.51 bits per heavy atom. The smallest absolute Gasteiger partial charge is 0.228 e. The fourth-order valence-corrected chi connectivity index (χ4v) is 6.01. The largest absolute Gasteiger partial charge is 0.300 e. The second-order valence-corrected chi connectivity index (χ2v) is 11.1. The van der Waals surface area contributed by atoms with Crippen molar-refractivity contribution in [2.45, 2.75) is 50.5 Å². The number of amides is 1. The first-order valence-corrected chi connectivity index (χ1v) is 13.3. The summed E-state index contributed by atoms with van der Waals surface area (Å²) in [5, 5.41) is 1.09. The number of halogens is 2. The molecule has 0 aliphatic carbocycles. The van der Waals surface area contributed by atoms with Crippen LogP contribution in [0, 0.1) is 6.92 Å². The van der Waals surface area contributed by atoms with Crippen LogP contribution in [0.3, 0.4) is 0 Å². The topological polar surface area (TPSA) is 56.8 Å². The molecule has 0 saturated carbocycles. The molecule has 4 heterocycles. The van der Waals surface area contributed by atoms with Crippen LogP contribution in [-0.2, 0) is 15.0 Å². The van der Waals surface area contributed by atoms with Crippen LogP contribution in [0.5, 0.6) is 0 Å². The number of carbonyl (C=O) groups is 2. The van der Waals surface area contributed by atoms with Crippen LogP contribution in [0.25, 0.3) is 0 Å². The Kier molecular flexibility index (Phi) is 7.18. The molecule has 1 aromatic heterocycles. The maximum absolute atomic E-state index is 13.0. The van der Waals surface area contributed by atoms with Crippen LogP contribution >= 0.6 is 23.2 Å². The number of benzene rings is 1. The molecule has 1 aromatic carbocycles. The van der Waals surface area contributed by atoms with Crippen LogP contribution in [-0.4, -0.2) is 71.8 Å². The number of carbonyl (C=O) groups excluding carboxylic acids is 2. The number of rotatable bonds is 6. The van der Waals surface area contributed by atoms with Crippen LogP contribution in [0.15, 0.2) is 36.4 Å². The Morgan fingerprint density at radius 2 is 1.80 bits per heavy atom. The Bertz CT molecular complexity index is 1110. The first kappa shape index (κ1) is 24.7. The number of aromatic nitrogens is 1. The van der Waals surface area contributed by atoms with E-state index in [0.29, 0.717) is 53.5 Å². The van der Waals surface area contributed by atoms with E-state index in [0.717, 1.165) is 56.8 Å². The summed E-state index contributed by atoms with van der Waals surface area (Å²) in [6, 6.07) is 12.3. The zero-order valence-corrected chi connectivity index (χ0v) is 21.7. The van der Waals surface area contributed by atoms with E-state index in [1.54, 1.807) is 0 Å². The number of likely N-dealkylation sites (tertiary alicyclic amines) is 2. The predicted molar refractivity (Wildman–Crippen MR) is 139 cm³/mol. The van der Waals surface area contributed by atoms with Gasteiger partial charge in [0.1, 0.15) is 11.6 Å². The molecule has 0 spiro atoms. The van der Waals surface area contributed by atoms with Crippen LogP contribution in [0.4, 0.5) is 5.82 Å². The molecule has 2 aromatic rings. The standard InChI is InChI=1S/C27H32Cl2N4O2/c1-19-3-2-4-25(30-19)33-18-27(10-7-26(33)35,20-5-6-23(28)24(29)15-20)11-14-31-16-21(17-31)32-12-8-22(34)9-13-32/h2-6,15,21H,7-14,16-18H2,1H3. The monoisotopic (exact) mass is 514 g/mol. The van der Waals surface area contributed by atoms with Gasteiger partial charge in [0.2, 0.25) is 5.91 Å². The number of aryl methyl sites for hydroxylation is 1. The minimum atomic E-state index is -0.226. The van der Waals surface area contributed by atoms with E-state index >= 15 is 0 Å². The molecule has 3 aliphatic rings. The molecule has 8 heteroatoms. The summed E-state index contributed by atoms with van der Waals surface area (Å²) in [7, 11) is 0. The van der Waals surface area contributed by atoms with Crippen molar-refractivity contribution in [1.82, 2.24) is 14.8 Å². The summed E-state index contributed by atoms with van der Waals surface area (Å²) in [5.74, 6) is 1.21. The van der Waals surface area contributed by atoms with Crippen LogP contribution < -0.4 is 4.90 Å². The molecule has 0 N–H and O–H groups in total. The molecular formula is C27H32Cl2N4O2. The van der Waals surface area contributed by atoms with E-state index in [9.17, 15) is 9.59 Å². The van der Waals surface area contributed by atoms with Gasteiger partial charge in [-0.15, -0.1) is 0 Å². The quantitative estimate of drug-likeness (QED) is 0.567. The highest BCUT2D eigenvalue weighted by Crippen LogP contribution is 2.41. The van der Waals surface area contributed by atoms with Gasteiger partial charge in [-0.2, -0.15) is 0 Å². The first-order valence-electron chi connectivity index (χ1n) is 12.5. The van der Waals surface area contributed by atoms with Gasteiger partial charge in [-0.25, -0.2) is 4.98 Å². The third-order valence-electron chi connectivity index (χ3n) is 7.98. The van der Waals surface area contributed by atoms with Crippen molar-refractivity contribution >= 4 is 40.7 Å². The summed E-state index contributed by atoms with van der Waals surface area (Å²) in [6.45, 7) is 7.33. The molecule has 35 heavy (non-hydrogen) atoms. The Morgan fingerprint density at radius 1 is 1.03 bits per heavy atom. The van der Waals surface area contributed by atoms with E-state index < -0.39 is 0 Å². The van der Waals surface area contributed by atoms with Gasteiger partial charge in [0, 0.05) is 69.1 Å². The third kappa shape index (κ3) is 5.26. The third-order valence-corrected chi connectivity index (χ3v) is 8.72. The van der Waals surface area contributed by atoms with Gasteiger partial charge in [0.25, 0.3) is 0 Å². The Labute approximate surface area is 217 Å². The zero-order valence-electron chi connectivity index (χ0n) is 20.2. The maximum Gasteiger partial charge on any atom is 0.228 e. The van der Waals surface area contributed by atoms with Gasteiger partial charge in [0.15, 0.2) is 0 Å². The molecule has 3 aliphatic heterocycles. The number of nitrogens with zero attached hydrogens (tertiary/aromatic N) is 4. The van der Waals surface area contributed by atoms with E-state index in [2.05, 4.69) is 20.9 Å². The number of piperidine rings is 2. The predicted octanol–water partition coefficient (Wildman–Crippen LogP) is 4.50. The average Bonchev–Trinajstić information content (AvgIpc) is 2.82. The lowest BCUT2D eigenvalue weighted by Crippen LogP contribution is -2.61. The highest BCUT2D eigenvalue weighted by molar-refractivity contribution is 6.42. The van der Waals surface area contributed by atoms with Crippen molar-refractivity contribution in [3.63, 3.8) is 0 Å². The van der Waals surface area contributed by atoms with Crippen molar-refractivity contribution < 1.29 is 9.59 Å². The van der Waals surface area contributed by atoms with E-state index in [1.807, 2.05) is 42.2 Å². The van der Waals surface area contributed by atoms with E-state index in [4.69, 9.17) is 23.2 Å². The Balaban J connectivity index is 1.33. The van der Waals surface area contributed by atoms with E-state index in [1.165, 1.54) is 0 Å². The van der Waals surface area contributed by atoms with Crippen LogP contribution in [0.2, 0.25) is 10.0 Å². The molecule has 1 amide bonds. The molecule has 1 unspecified atom stereocenters. The average molecular weight is 515 g/mol. The van der Waals surface area contributed by atoms with Gasteiger partial charge in [-0.05, 0) is 56.1 Å². The van der Waals surface area contributed by atoms with Gasteiger partial charge in [-0.1, -0.05) is 35.3 Å². The Hall–Kier alpha value is -1.99. The van der Waals surface area contributed by atoms with Gasteiger partial charge in [0.05, 0.1) is 10.0 Å². The first-order chi connectivity index (χ1) is 16.8. The minimum absolute atomic E-state index is 0.113. The lowest BCUT2D eigenvalue weighted by Gasteiger charge is -2.49. The zero-order chi connectivity index (χ0) is 24.6. The van der Waals surface area contributed by atoms with E-state index in [-0.39, 0.29) is 11.3 Å². The van der Waals surface area contributed by atoms with Crippen molar-refractivity contribution in [3.05, 3.63) is 57.7 Å². The summed E-state index contributed by atoms with van der Waals surface area (Å²) >= 11 is 12.7. The summed E-state index contributed by atoms with van der Waals surface area (Å²) in [5.41, 5.74) is 1.80. The van der Waals surface area contributed by atoms with Crippen molar-refractivity contribution in [2.75, 3.05) is 44.2 Å². The molecule has 6 nitrogen and oxygen atoms in total. The number of ketones is 1. The lowest BCUT2D eigenvalue weighted by atomic mass is 9.71. The van der Waals surface area contributed by atoms with Gasteiger partial charge in [-0.3, -0.25) is 19.4 Å². The summed E-state index contributed by atoms with van der Waals surface area (Å²) in [6.07, 6.45) is 3.55. The molecule has 186 valence electrons. The van der Waals surface area contributed by atoms with Crippen LogP contribution in [0.1, 0.15) is 43.4 Å². The fourth-order valence-electron chi connectivity index (χ4n) is 5.72. The van der Waals surface area contributed by atoms with Crippen molar-refractivity contribution in [1.29, 1.82) is 0 Å². The van der Waals surface area contributed by atoms with Gasteiger partial charge < -0.3 is 4.90 Å². The molecule has 0 bridgehead atoms. The van der Waals surface area contributed by atoms with Gasteiger partial charge >= 0.3 is 0 Å². The number of Topliss-reactive ketones (excluding diaryl/α,β-unsaturated/α-hetero) is 1.